The Morgan fingerprint density at radius 2 is 1.90 bits per heavy atom. The lowest BCUT2D eigenvalue weighted by Gasteiger charge is -2.00. The third kappa shape index (κ3) is 2.44. The van der Waals surface area contributed by atoms with Crippen molar-refractivity contribution in [2.45, 2.75) is 6.54 Å². The van der Waals surface area contributed by atoms with Crippen molar-refractivity contribution in [1.82, 2.24) is 20.2 Å². The van der Waals surface area contributed by atoms with Gasteiger partial charge in [-0.25, -0.2) is 0 Å². The van der Waals surface area contributed by atoms with Crippen LogP contribution in [0.25, 0.3) is 11.4 Å². The van der Waals surface area contributed by atoms with E-state index in [-0.39, 0.29) is 5.75 Å². The highest BCUT2D eigenvalue weighted by molar-refractivity contribution is 5.65. The van der Waals surface area contributed by atoms with E-state index in [0.29, 0.717) is 18.1 Å². The zero-order valence-corrected chi connectivity index (χ0v) is 10.6. The topological polar surface area (TPSA) is 89.9 Å². The molecule has 3 aromatic rings. The van der Waals surface area contributed by atoms with Gasteiger partial charge in [0.1, 0.15) is 5.75 Å². The van der Waals surface area contributed by atoms with Crippen LogP contribution >= 0.6 is 0 Å². The van der Waals surface area contributed by atoms with Gasteiger partial charge in [0.05, 0.1) is 12.2 Å². The minimum absolute atomic E-state index is 0.0467. The molecule has 3 rings (SSSR count). The van der Waals surface area contributed by atoms with Crippen LogP contribution in [-0.4, -0.2) is 25.3 Å². The zero-order chi connectivity index (χ0) is 13.9. The number of benzene rings is 2. The molecule has 0 amide bonds. The Kier molecular flexibility index (Phi) is 3.04. The van der Waals surface area contributed by atoms with E-state index in [0.717, 1.165) is 11.1 Å². The SMILES string of the molecule is Nc1cc(-c2nnn(Cc3ccccc3)n2)ccc1O. The number of nitrogens with zero attached hydrogens (tertiary/aromatic N) is 4. The maximum absolute atomic E-state index is 9.40. The summed E-state index contributed by atoms with van der Waals surface area (Å²) in [6.07, 6.45) is 0. The number of phenolic OH excluding ortho intramolecular Hbond substituents is 1. The standard InChI is InChI=1S/C14H13N5O/c15-12-8-11(6-7-13(12)20)14-16-18-19(17-14)9-10-4-2-1-3-5-10/h1-8,20H,9,15H2. The summed E-state index contributed by atoms with van der Waals surface area (Å²) in [5, 5.41) is 21.7. The van der Waals surface area contributed by atoms with Gasteiger partial charge >= 0.3 is 0 Å². The average Bonchev–Trinajstić information content (AvgIpc) is 2.91. The number of rotatable bonds is 3. The van der Waals surface area contributed by atoms with Crippen molar-refractivity contribution < 1.29 is 5.11 Å². The van der Waals surface area contributed by atoms with Crippen LogP contribution in [0, 0.1) is 0 Å². The molecule has 3 N–H and O–H groups in total. The van der Waals surface area contributed by atoms with Gasteiger partial charge < -0.3 is 10.8 Å². The number of hydrogen-bond donors (Lipinski definition) is 2. The van der Waals surface area contributed by atoms with Crippen LogP contribution in [0.3, 0.4) is 0 Å². The highest BCUT2D eigenvalue weighted by Gasteiger charge is 2.08. The molecule has 0 aliphatic heterocycles. The third-order valence-corrected chi connectivity index (χ3v) is 2.91. The molecule has 6 heteroatoms. The summed E-state index contributed by atoms with van der Waals surface area (Å²) in [6.45, 7) is 0.557. The molecule has 0 unspecified atom stereocenters. The van der Waals surface area contributed by atoms with Gasteiger partial charge in [-0.2, -0.15) is 4.80 Å². The van der Waals surface area contributed by atoms with Gasteiger partial charge in [-0.15, -0.1) is 10.2 Å². The molecule has 6 nitrogen and oxygen atoms in total. The van der Waals surface area contributed by atoms with Crippen molar-refractivity contribution in [1.29, 1.82) is 0 Å². The molecule has 1 aromatic heterocycles. The quantitative estimate of drug-likeness (QED) is 0.556. The van der Waals surface area contributed by atoms with Crippen molar-refractivity contribution in [2.75, 3.05) is 5.73 Å². The molecule has 0 spiro atoms. The molecular formula is C14H13N5O. The van der Waals surface area contributed by atoms with Crippen LogP contribution in [0.1, 0.15) is 5.56 Å². The van der Waals surface area contributed by atoms with E-state index >= 15 is 0 Å². The number of hydrogen-bond acceptors (Lipinski definition) is 5. The Balaban J connectivity index is 1.84. The summed E-state index contributed by atoms with van der Waals surface area (Å²) in [4.78, 5) is 1.52. The third-order valence-electron chi connectivity index (χ3n) is 2.91. The Morgan fingerprint density at radius 3 is 2.65 bits per heavy atom. The van der Waals surface area contributed by atoms with E-state index in [4.69, 9.17) is 5.73 Å². The summed E-state index contributed by atoms with van der Waals surface area (Å²) in [6, 6.07) is 14.7. The van der Waals surface area contributed by atoms with Gasteiger partial charge in [0.25, 0.3) is 0 Å². The molecule has 0 saturated heterocycles. The summed E-state index contributed by atoms with van der Waals surface area (Å²) >= 11 is 0. The zero-order valence-electron chi connectivity index (χ0n) is 10.6. The van der Waals surface area contributed by atoms with Crippen LogP contribution in [-0.2, 0) is 6.54 Å². The first-order valence-electron chi connectivity index (χ1n) is 6.13. The van der Waals surface area contributed by atoms with Crippen molar-refractivity contribution in [3.63, 3.8) is 0 Å². The second kappa shape index (κ2) is 5.00. The number of anilines is 1. The normalized spacial score (nSPS) is 10.6. The first kappa shape index (κ1) is 12.2. The van der Waals surface area contributed by atoms with Crippen molar-refractivity contribution in [3.05, 3.63) is 54.1 Å². The minimum atomic E-state index is 0.0467. The molecule has 0 bridgehead atoms. The lowest BCUT2D eigenvalue weighted by molar-refractivity contribution is 0.478. The number of phenols is 1. The van der Waals surface area contributed by atoms with Crippen LogP contribution in [0.2, 0.25) is 0 Å². The molecule has 0 fully saturated rings. The molecule has 0 radical (unpaired) electrons. The molecule has 20 heavy (non-hydrogen) atoms. The van der Waals surface area contributed by atoms with E-state index in [1.54, 1.807) is 12.1 Å². The second-order valence-electron chi connectivity index (χ2n) is 4.40. The van der Waals surface area contributed by atoms with Gasteiger partial charge in [0, 0.05) is 5.56 Å². The summed E-state index contributed by atoms with van der Waals surface area (Å²) in [7, 11) is 0. The second-order valence-corrected chi connectivity index (χ2v) is 4.40. The first-order chi connectivity index (χ1) is 9.72. The van der Waals surface area contributed by atoms with Crippen LogP contribution in [0.4, 0.5) is 5.69 Å². The first-order valence-corrected chi connectivity index (χ1v) is 6.13. The van der Waals surface area contributed by atoms with E-state index in [9.17, 15) is 5.11 Å². The molecule has 1 heterocycles. The molecule has 0 aliphatic rings. The highest BCUT2D eigenvalue weighted by atomic mass is 16.3. The Labute approximate surface area is 115 Å². The van der Waals surface area contributed by atoms with E-state index in [1.807, 2.05) is 30.3 Å². The lowest BCUT2D eigenvalue weighted by Crippen LogP contribution is -2.03. The van der Waals surface area contributed by atoms with E-state index < -0.39 is 0 Å². The van der Waals surface area contributed by atoms with Crippen LogP contribution < -0.4 is 5.73 Å². The molecule has 0 saturated carbocycles. The fraction of sp³-hybridized carbons (Fsp3) is 0.0714. The van der Waals surface area contributed by atoms with Gasteiger partial charge in [-0.3, -0.25) is 0 Å². The van der Waals surface area contributed by atoms with Crippen LogP contribution in [0.15, 0.2) is 48.5 Å². The fourth-order valence-corrected chi connectivity index (χ4v) is 1.87. The summed E-state index contributed by atoms with van der Waals surface area (Å²) in [5.74, 6) is 0.526. The summed E-state index contributed by atoms with van der Waals surface area (Å²) in [5.41, 5.74) is 7.77. The minimum Gasteiger partial charge on any atom is -0.506 e. The molecule has 100 valence electrons. The Bertz CT molecular complexity index is 723. The predicted molar refractivity (Wildman–Crippen MR) is 74.9 cm³/mol. The number of aromatic hydroxyl groups is 1. The van der Waals surface area contributed by atoms with Crippen molar-refractivity contribution in [2.24, 2.45) is 0 Å². The Hall–Kier alpha value is -2.89. The highest BCUT2D eigenvalue weighted by Crippen LogP contribution is 2.25. The number of nitrogens with two attached hydrogens (primary N) is 1. The van der Waals surface area contributed by atoms with Crippen LogP contribution in [0.5, 0.6) is 5.75 Å². The predicted octanol–water partition coefficient (Wildman–Crippen LogP) is 1.68. The molecule has 0 aliphatic carbocycles. The number of nitrogen functional groups attached to an aromatic ring is 1. The Morgan fingerprint density at radius 1 is 1.10 bits per heavy atom. The van der Waals surface area contributed by atoms with Gasteiger partial charge in [0.2, 0.25) is 5.82 Å². The number of aromatic nitrogens is 4. The van der Waals surface area contributed by atoms with E-state index in [2.05, 4.69) is 15.4 Å². The average molecular weight is 267 g/mol. The monoisotopic (exact) mass is 267 g/mol. The molecule has 2 aromatic carbocycles. The maximum Gasteiger partial charge on any atom is 0.205 e. The van der Waals surface area contributed by atoms with E-state index in [1.165, 1.54) is 10.9 Å². The molecule has 0 atom stereocenters. The van der Waals surface area contributed by atoms with Gasteiger partial charge in [0.15, 0.2) is 0 Å². The molecular weight excluding hydrogens is 254 g/mol. The van der Waals surface area contributed by atoms with Gasteiger partial charge in [-0.05, 0) is 29.0 Å². The van der Waals surface area contributed by atoms with Crippen molar-refractivity contribution in [3.8, 4) is 17.1 Å². The van der Waals surface area contributed by atoms with Gasteiger partial charge in [-0.1, -0.05) is 30.3 Å². The largest absolute Gasteiger partial charge is 0.506 e. The number of tetrazole rings is 1. The fourth-order valence-electron chi connectivity index (χ4n) is 1.87. The summed E-state index contributed by atoms with van der Waals surface area (Å²) < 4.78 is 0. The maximum atomic E-state index is 9.40. The van der Waals surface area contributed by atoms with Crippen molar-refractivity contribution >= 4 is 5.69 Å². The lowest BCUT2D eigenvalue weighted by atomic mass is 10.2. The smallest absolute Gasteiger partial charge is 0.205 e.